The van der Waals surface area contributed by atoms with E-state index in [2.05, 4.69) is 17.6 Å². The molecule has 1 saturated carbocycles. The molecule has 0 aliphatic heterocycles. The Morgan fingerprint density at radius 3 is 2.78 bits per heavy atom. The summed E-state index contributed by atoms with van der Waals surface area (Å²) in [6.07, 6.45) is 5.35. The Bertz CT molecular complexity index is 246. The number of carbonyl (C=O) groups excluding carboxylic acids is 1. The fourth-order valence-corrected chi connectivity index (χ4v) is 2.68. The molecule has 0 heterocycles. The largest absolute Gasteiger partial charge is 0.383 e. The lowest BCUT2D eigenvalue weighted by Crippen LogP contribution is -2.42. The van der Waals surface area contributed by atoms with Gasteiger partial charge < -0.3 is 15.4 Å². The molecule has 0 aromatic rings. The minimum atomic E-state index is 0.0583. The highest BCUT2D eigenvalue weighted by Gasteiger charge is 2.20. The summed E-state index contributed by atoms with van der Waals surface area (Å²) < 4.78 is 4.98. The second kappa shape index (κ2) is 8.48. The summed E-state index contributed by atoms with van der Waals surface area (Å²) in [5.41, 5.74) is 0. The van der Waals surface area contributed by atoms with E-state index in [0.717, 1.165) is 18.4 Å². The third kappa shape index (κ3) is 5.83. The van der Waals surface area contributed by atoms with Gasteiger partial charge in [0.2, 0.25) is 5.91 Å². The highest BCUT2D eigenvalue weighted by atomic mass is 16.5. The maximum absolute atomic E-state index is 11.6. The van der Waals surface area contributed by atoms with Gasteiger partial charge in [0.1, 0.15) is 0 Å². The summed E-state index contributed by atoms with van der Waals surface area (Å²) in [6, 6.07) is 0.0814. The summed E-state index contributed by atoms with van der Waals surface area (Å²) in [5.74, 6) is 1.59. The molecule has 3 atom stereocenters. The van der Waals surface area contributed by atoms with Gasteiger partial charge in [0.15, 0.2) is 0 Å². The zero-order chi connectivity index (χ0) is 13.4. The van der Waals surface area contributed by atoms with Crippen molar-refractivity contribution in [2.45, 2.75) is 45.6 Å². The van der Waals surface area contributed by atoms with Crippen LogP contribution in [0.25, 0.3) is 0 Å². The quantitative estimate of drug-likeness (QED) is 0.726. The average molecular weight is 256 g/mol. The molecule has 0 saturated heterocycles. The maximum atomic E-state index is 11.6. The zero-order valence-electron chi connectivity index (χ0n) is 12.0. The van der Waals surface area contributed by atoms with Crippen LogP contribution in [0, 0.1) is 11.8 Å². The predicted molar refractivity (Wildman–Crippen MR) is 73.5 cm³/mol. The van der Waals surface area contributed by atoms with E-state index >= 15 is 0 Å². The number of hydrogen-bond donors (Lipinski definition) is 2. The van der Waals surface area contributed by atoms with Crippen LogP contribution < -0.4 is 10.6 Å². The average Bonchev–Trinajstić information content (AvgIpc) is 2.31. The first kappa shape index (κ1) is 15.4. The molecule has 0 aromatic carbocycles. The van der Waals surface area contributed by atoms with E-state index in [1.807, 2.05) is 6.92 Å². The number of ether oxygens (including phenoxy) is 1. The van der Waals surface area contributed by atoms with Gasteiger partial charge in [-0.3, -0.25) is 4.79 Å². The molecule has 1 amide bonds. The minimum Gasteiger partial charge on any atom is -0.383 e. The highest BCUT2D eigenvalue weighted by Crippen LogP contribution is 2.28. The highest BCUT2D eigenvalue weighted by molar-refractivity contribution is 5.78. The van der Waals surface area contributed by atoms with E-state index in [9.17, 15) is 4.79 Å². The fourth-order valence-electron chi connectivity index (χ4n) is 2.68. The number of carbonyl (C=O) groups is 1. The molecule has 4 nitrogen and oxygen atoms in total. The van der Waals surface area contributed by atoms with Crippen molar-refractivity contribution in [2.24, 2.45) is 11.8 Å². The van der Waals surface area contributed by atoms with Crippen LogP contribution in [0.3, 0.4) is 0 Å². The first-order chi connectivity index (χ1) is 8.63. The standard InChI is InChI=1S/C14H28N2O2/c1-11-6-4-5-7-13(11)8-15-9-14(17)16-12(2)10-18-3/h11-13,15H,4-10H2,1-3H3,(H,16,17). The molecule has 18 heavy (non-hydrogen) atoms. The van der Waals surface area contributed by atoms with Crippen LogP contribution in [0.2, 0.25) is 0 Å². The summed E-state index contributed by atoms with van der Waals surface area (Å²) in [7, 11) is 1.64. The van der Waals surface area contributed by atoms with Crippen LogP contribution in [0.4, 0.5) is 0 Å². The number of nitrogens with one attached hydrogen (secondary N) is 2. The van der Waals surface area contributed by atoms with Gasteiger partial charge in [-0.15, -0.1) is 0 Å². The van der Waals surface area contributed by atoms with Crippen molar-refractivity contribution >= 4 is 5.91 Å². The molecule has 1 rings (SSSR count). The lowest BCUT2D eigenvalue weighted by atomic mass is 9.80. The van der Waals surface area contributed by atoms with Crippen molar-refractivity contribution in [3.63, 3.8) is 0 Å². The molecule has 2 N–H and O–H groups in total. The molecular formula is C14H28N2O2. The summed E-state index contributed by atoms with van der Waals surface area (Å²) >= 11 is 0. The van der Waals surface area contributed by atoms with Crippen LogP contribution in [0.15, 0.2) is 0 Å². The first-order valence-corrected chi connectivity index (χ1v) is 7.12. The Morgan fingerprint density at radius 1 is 1.39 bits per heavy atom. The summed E-state index contributed by atoms with van der Waals surface area (Å²) in [5, 5.41) is 6.18. The first-order valence-electron chi connectivity index (χ1n) is 7.12. The second-order valence-corrected chi connectivity index (χ2v) is 5.58. The number of amides is 1. The van der Waals surface area contributed by atoms with Crippen molar-refractivity contribution in [3.05, 3.63) is 0 Å². The Balaban J connectivity index is 2.11. The van der Waals surface area contributed by atoms with Crippen LogP contribution in [-0.4, -0.2) is 38.8 Å². The van der Waals surface area contributed by atoms with E-state index < -0.39 is 0 Å². The lowest BCUT2D eigenvalue weighted by molar-refractivity contribution is -0.121. The third-order valence-electron chi connectivity index (χ3n) is 3.81. The molecular weight excluding hydrogens is 228 g/mol. The van der Waals surface area contributed by atoms with Crippen molar-refractivity contribution < 1.29 is 9.53 Å². The van der Waals surface area contributed by atoms with Crippen LogP contribution in [0.1, 0.15) is 39.5 Å². The van der Waals surface area contributed by atoms with E-state index in [1.165, 1.54) is 25.7 Å². The molecule has 0 spiro atoms. The Hall–Kier alpha value is -0.610. The van der Waals surface area contributed by atoms with Crippen molar-refractivity contribution in [3.8, 4) is 0 Å². The summed E-state index contributed by atoms with van der Waals surface area (Å²) in [4.78, 5) is 11.6. The van der Waals surface area contributed by atoms with Crippen molar-refractivity contribution in [1.29, 1.82) is 0 Å². The monoisotopic (exact) mass is 256 g/mol. The zero-order valence-corrected chi connectivity index (χ0v) is 12.0. The normalized spacial score (nSPS) is 25.7. The van der Waals surface area contributed by atoms with Gasteiger partial charge in [0, 0.05) is 13.2 Å². The summed E-state index contributed by atoms with van der Waals surface area (Å²) in [6.45, 7) is 6.22. The van der Waals surface area contributed by atoms with Gasteiger partial charge in [-0.25, -0.2) is 0 Å². The fraction of sp³-hybridized carbons (Fsp3) is 0.929. The van der Waals surface area contributed by atoms with Gasteiger partial charge >= 0.3 is 0 Å². The van der Waals surface area contributed by atoms with Gasteiger partial charge in [-0.2, -0.15) is 0 Å². The van der Waals surface area contributed by atoms with Crippen LogP contribution in [0.5, 0.6) is 0 Å². The number of hydrogen-bond acceptors (Lipinski definition) is 3. The molecule has 1 fully saturated rings. The van der Waals surface area contributed by atoms with E-state index in [-0.39, 0.29) is 11.9 Å². The maximum Gasteiger partial charge on any atom is 0.234 e. The van der Waals surface area contributed by atoms with Crippen LogP contribution >= 0.6 is 0 Å². The Morgan fingerprint density at radius 2 is 2.11 bits per heavy atom. The Kier molecular flexibility index (Phi) is 7.28. The molecule has 1 aliphatic carbocycles. The Labute approximate surface area is 111 Å². The van der Waals surface area contributed by atoms with Crippen molar-refractivity contribution in [2.75, 3.05) is 26.8 Å². The molecule has 4 heteroatoms. The number of rotatable bonds is 7. The molecule has 0 aromatic heterocycles. The molecule has 106 valence electrons. The third-order valence-corrected chi connectivity index (χ3v) is 3.81. The van der Waals surface area contributed by atoms with E-state index in [4.69, 9.17) is 4.74 Å². The smallest absolute Gasteiger partial charge is 0.234 e. The molecule has 1 aliphatic rings. The molecule has 0 radical (unpaired) electrons. The minimum absolute atomic E-state index is 0.0583. The van der Waals surface area contributed by atoms with E-state index in [1.54, 1.807) is 7.11 Å². The molecule has 3 unspecified atom stereocenters. The van der Waals surface area contributed by atoms with Crippen molar-refractivity contribution in [1.82, 2.24) is 10.6 Å². The lowest BCUT2D eigenvalue weighted by Gasteiger charge is -2.28. The van der Waals surface area contributed by atoms with Gasteiger partial charge in [-0.1, -0.05) is 26.2 Å². The molecule has 0 bridgehead atoms. The number of methoxy groups -OCH3 is 1. The topological polar surface area (TPSA) is 50.4 Å². The SMILES string of the molecule is COCC(C)NC(=O)CNCC1CCCCC1C. The van der Waals surface area contributed by atoms with Gasteiger partial charge in [0.25, 0.3) is 0 Å². The predicted octanol–water partition coefficient (Wildman–Crippen LogP) is 1.55. The van der Waals surface area contributed by atoms with Gasteiger partial charge in [0.05, 0.1) is 13.2 Å². The van der Waals surface area contributed by atoms with E-state index in [0.29, 0.717) is 13.2 Å². The second-order valence-electron chi connectivity index (χ2n) is 5.58. The van der Waals surface area contributed by atoms with Gasteiger partial charge in [-0.05, 0) is 31.7 Å². The van der Waals surface area contributed by atoms with Crippen LogP contribution in [-0.2, 0) is 9.53 Å².